The number of carbonyl (C=O) groups excluding carboxylic acids is 2. The number of nitrogens with one attached hydrogen (secondary N) is 2. The number of hydrogen-bond acceptors (Lipinski definition) is 4. The van der Waals surface area contributed by atoms with Gasteiger partial charge < -0.3 is 26.0 Å². The smallest absolute Gasteiger partial charge is 0.407 e. The highest BCUT2D eigenvalue weighted by molar-refractivity contribution is 5.92. The molecule has 174 valence electrons. The summed E-state index contributed by atoms with van der Waals surface area (Å²) < 4.78 is 5.39. The maximum Gasteiger partial charge on any atom is 0.407 e. The number of primary amides is 1. The number of hydrogen-bond donors (Lipinski definition) is 3. The van der Waals surface area contributed by atoms with Crippen molar-refractivity contribution in [1.29, 1.82) is 0 Å². The summed E-state index contributed by atoms with van der Waals surface area (Å²) in [6, 6.07) is 7.11. The van der Waals surface area contributed by atoms with E-state index in [1.807, 2.05) is 51.8 Å². The van der Waals surface area contributed by atoms with Gasteiger partial charge in [0.25, 0.3) is 0 Å². The van der Waals surface area contributed by atoms with Crippen LogP contribution in [0.5, 0.6) is 0 Å². The van der Waals surface area contributed by atoms with Crippen LogP contribution in [-0.4, -0.2) is 54.6 Å². The lowest BCUT2D eigenvalue weighted by Crippen LogP contribution is -2.45. The third-order valence-corrected chi connectivity index (χ3v) is 4.63. The van der Waals surface area contributed by atoms with Gasteiger partial charge in [0.15, 0.2) is 5.96 Å². The Hall–Kier alpha value is -2.77. The zero-order chi connectivity index (χ0) is 23.6. The highest BCUT2D eigenvalue weighted by atomic mass is 16.6. The summed E-state index contributed by atoms with van der Waals surface area (Å²) in [6.07, 6.45) is 0.360. The molecule has 0 aliphatic rings. The van der Waals surface area contributed by atoms with Gasteiger partial charge in [-0.25, -0.2) is 9.79 Å². The van der Waals surface area contributed by atoms with Gasteiger partial charge in [0.2, 0.25) is 5.91 Å². The topological polar surface area (TPSA) is 109 Å². The van der Waals surface area contributed by atoms with E-state index in [9.17, 15) is 9.59 Å². The van der Waals surface area contributed by atoms with Gasteiger partial charge in [0.1, 0.15) is 5.60 Å². The molecule has 8 nitrogen and oxygen atoms in total. The summed E-state index contributed by atoms with van der Waals surface area (Å²) in [5.74, 6) is 0.605. The first-order chi connectivity index (χ1) is 14.4. The molecule has 31 heavy (non-hydrogen) atoms. The van der Waals surface area contributed by atoms with E-state index >= 15 is 0 Å². The van der Waals surface area contributed by atoms with Gasteiger partial charge in [0, 0.05) is 31.7 Å². The van der Waals surface area contributed by atoms with Crippen LogP contribution < -0.4 is 16.4 Å². The van der Waals surface area contributed by atoms with Crippen molar-refractivity contribution in [3.8, 4) is 0 Å². The summed E-state index contributed by atoms with van der Waals surface area (Å²) in [5.41, 5.74) is 6.23. The molecule has 0 heterocycles. The van der Waals surface area contributed by atoms with Crippen LogP contribution in [0, 0.1) is 5.92 Å². The number of amides is 2. The van der Waals surface area contributed by atoms with Crippen LogP contribution >= 0.6 is 0 Å². The highest BCUT2D eigenvalue weighted by Crippen LogP contribution is 2.11. The minimum absolute atomic E-state index is 0.0125. The van der Waals surface area contributed by atoms with Gasteiger partial charge in [-0.3, -0.25) is 4.79 Å². The molecule has 1 aromatic rings. The summed E-state index contributed by atoms with van der Waals surface area (Å²) in [4.78, 5) is 30.1. The van der Waals surface area contributed by atoms with E-state index in [4.69, 9.17) is 15.5 Å². The summed E-state index contributed by atoms with van der Waals surface area (Å²) >= 11 is 0. The number of guanidine groups is 1. The molecule has 0 fully saturated rings. The second kappa shape index (κ2) is 12.2. The Balaban J connectivity index is 2.73. The molecule has 0 spiro atoms. The molecule has 0 aromatic heterocycles. The third kappa shape index (κ3) is 10.2. The van der Waals surface area contributed by atoms with Crippen LogP contribution in [0.3, 0.4) is 0 Å². The van der Waals surface area contributed by atoms with Crippen molar-refractivity contribution in [3.05, 3.63) is 35.4 Å². The fourth-order valence-corrected chi connectivity index (χ4v) is 2.88. The zero-order valence-electron chi connectivity index (χ0n) is 20.0. The van der Waals surface area contributed by atoms with E-state index in [2.05, 4.69) is 24.5 Å². The van der Waals surface area contributed by atoms with Gasteiger partial charge in [-0.15, -0.1) is 0 Å². The maximum absolute atomic E-state index is 12.2. The number of aliphatic imine (C=N–C) groups is 1. The predicted octanol–water partition coefficient (Wildman–Crippen LogP) is 3.12. The Morgan fingerprint density at radius 3 is 2.29 bits per heavy atom. The average molecular weight is 434 g/mol. The van der Waals surface area contributed by atoms with E-state index in [-0.39, 0.29) is 12.0 Å². The number of alkyl carbamates (subject to hydrolysis) is 1. The number of carbonyl (C=O) groups is 2. The quantitative estimate of drug-likeness (QED) is 0.409. The Bertz CT molecular complexity index is 739. The summed E-state index contributed by atoms with van der Waals surface area (Å²) in [6.45, 7) is 13.7. The maximum atomic E-state index is 12.2. The Kier molecular flexibility index (Phi) is 10.3. The lowest BCUT2D eigenvalue weighted by molar-refractivity contribution is 0.0485. The molecular formula is C23H39N5O3. The van der Waals surface area contributed by atoms with Crippen LogP contribution in [0.2, 0.25) is 0 Å². The number of ether oxygens (including phenoxy) is 1. The molecule has 0 radical (unpaired) electrons. The van der Waals surface area contributed by atoms with Crippen molar-refractivity contribution in [2.24, 2.45) is 16.6 Å². The number of benzene rings is 1. The molecule has 2 amide bonds. The Morgan fingerprint density at radius 1 is 1.19 bits per heavy atom. The number of nitrogens with two attached hydrogens (primary N) is 1. The Morgan fingerprint density at radius 2 is 1.81 bits per heavy atom. The normalized spacial score (nSPS) is 13.0. The lowest BCUT2D eigenvalue weighted by Gasteiger charge is -2.28. The summed E-state index contributed by atoms with van der Waals surface area (Å²) in [5, 5.41) is 6.28. The van der Waals surface area contributed by atoms with Crippen molar-refractivity contribution in [2.45, 2.75) is 66.2 Å². The minimum Gasteiger partial charge on any atom is -0.444 e. The second-order valence-corrected chi connectivity index (χ2v) is 8.94. The fraction of sp³-hybridized carbons (Fsp3) is 0.609. The molecule has 8 heteroatoms. The standard InChI is InChI=1S/C23H39N5O3/c1-8-25-21(26-15-17-9-11-18(12-10-17)20(24)29)28(7)14-13-19(16(2)3)27-22(30)31-23(4,5)6/h9-12,16,19H,8,13-15H2,1-7H3,(H2,24,29)(H,25,26)(H,27,30). The molecule has 1 unspecified atom stereocenters. The largest absolute Gasteiger partial charge is 0.444 e. The van der Waals surface area contributed by atoms with E-state index < -0.39 is 17.6 Å². The summed E-state index contributed by atoms with van der Waals surface area (Å²) in [7, 11) is 1.97. The van der Waals surface area contributed by atoms with Gasteiger partial charge in [0.05, 0.1) is 6.54 Å². The average Bonchev–Trinajstić information content (AvgIpc) is 2.66. The molecule has 4 N–H and O–H groups in total. The van der Waals surface area contributed by atoms with Gasteiger partial charge >= 0.3 is 6.09 Å². The first kappa shape index (κ1) is 26.3. The van der Waals surface area contributed by atoms with E-state index in [1.165, 1.54) is 0 Å². The van der Waals surface area contributed by atoms with Gasteiger partial charge in [-0.2, -0.15) is 0 Å². The number of rotatable bonds is 9. The van der Waals surface area contributed by atoms with Crippen LogP contribution in [-0.2, 0) is 11.3 Å². The van der Waals surface area contributed by atoms with Crippen LogP contribution in [0.25, 0.3) is 0 Å². The van der Waals surface area contributed by atoms with Crippen molar-refractivity contribution >= 4 is 18.0 Å². The first-order valence-electron chi connectivity index (χ1n) is 10.8. The van der Waals surface area contributed by atoms with Crippen molar-refractivity contribution < 1.29 is 14.3 Å². The SMILES string of the molecule is CCNC(=NCc1ccc(C(N)=O)cc1)N(C)CCC(NC(=O)OC(C)(C)C)C(C)C. The molecule has 1 rings (SSSR count). The molecular weight excluding hydrogens is 394 g/mol. The molecule has 1 aromatic carbocycles. The number of nitrogens with zero attached hydrogens (tertiary/aromatic N) is 2. The molecule has 0 bridgehead atoms. The van der Waals surface area contributed by atoms with Gasteiger partial charge in [-0.05, 0) is 57.7 Å². The van der Waals surface area contributed by atoms with E-state index in [0.29, 0.717) is 18.7 Å². The Labute approximate surface area is 186 Å². The van der Waals surface area contributed by atoms with Crippen LogP contribution in [0.15, 0.2) is 29.3 Å². The van der Waals surface area contributed by atoms with Gasteiger partial charge in [-0.1, -0.05) is 26.0 Å². The van der Waals surface area contributed by atoms with Crippen LogP contribution in [0.1, 0.15) is 63.9 Å². The fourth-order valence-electron chi connectivity index (χ4n) is 2.88. The molecule has 0 aliphatic heterocycles. The second-order valence-electron chi connectivity index (χ2n) is 8.94. The predicted molar refractivity (Wildman–Crippen MR) is 125 cm³/mol. The van der Waals surface area contributed by atoms with Crippen molar-refractivity contribution in [3.63, 3.8) is 0 Å². The molecule has 0 saturated heterocycles. The van der Waals surface area contributed by atoms with Crippen molar-refractivity contribution in [1.82, 2.24) is 15.5 Å². The first-order valence-corrected chi connectivity index (χ1v) is 10.8. The third-order valence-electron chi connectivity index (χ3n) is 4.63. The monoisotopic (exact) mass is 433 g/mol. The lowest BCUT2D eigenvalue weighted by atomic mass is 10.0. The van der Waals surface area contributed by atoms with E-state index in [1.54, 1.807) is 12.1 Å². The zero-order valence-corrected chi connectivity index (χ0v) is 20.0. The molecule has 0 saturated carbocycles. The van der Waals surface area contributed by atoms with E-state index in [0.717, 1.165) is 24.5 Å². The molecule has 0 aliphatic carbocycles. The molecule has 1 atom stereocenters. The highest BCUT2D eigenvalue weighted by Gasteiger charge is 2.22. The minimum atomic E-state index is -0.525. The van der Waals surface area contributed by atoms with Crippen LogP contribution in [0.4, 0.5) is 4.79 Å². The van der Waals surface area contributed by atoms with Crippen molar-refractivity contribution in [2.75, 3.05) is 20.1 Å².